The molecule has 2 rings (SSSR count). The Labute approximate surface area is 152 Å². The molecule has 0 bridgehead atoms. The Kier molecular flexibility index (Phi) is 7.11. The molecule has 6 nitrogen and oxygen atoms in total. The Morgan fingerprint density at radius 1 is 1.31 bits per heavy atom. The molecule has 0 radical (unpaired) electrons. The molecule has 0 saturated carbocycles. The highest BCUT2D eigenvalue weighted by Crippen LogP contribution is 2.18. The van der Waals surface area contributed by atoms with Crippen LogP contribution in [0.3, 0.4) is 0 Å². The van der Waals surface area contributed by atoms with Crippen LogP contribution in [0.4, 0.5) is 4.39 Å². The van der Waals surface area contributed by atoms with Crippen LogP contribution in [0.25, 0.3) is 5.70 Å². The van der Waals surface area contributed by atoms with Crippen LogP contribution in [0, 0.1) is 5.82 Å². The maximum Gasteiger partial charge on any atom is 0.222 e. The molecule has 0 fully saturated rings. The SMILES string of the molecule is C=C(NC(NC)NC(=O)CCc1ccc(OC)c(F)c1)c1ccccn1. The minimum absolute atomic E-state index is 0.179. The van der Waals surface area contributed by atoms with Crippen molar-refractivity contribution in [3.05, 3.63) is 66.2 Å². The molecule has 26 heavy (non-hydrogen) atoms. The molecular weight excluding hydrogens is 335 g/mol. The molecule has 0 spiro atoms. The number of aryl methyl sites for hydroxylation is 1. The number of carbonyl (C=O) groups is 1. The second-order valence-electron chi connectivity index (χ2n) is 5.60. The van der Waals surface area contributed by atoms with E-state index in [1.54, 1.807) is 25.4 Å². The number of methoxy groups -OCH3 is 1. The van der Waals surface area contributed by atoms with Gasteiger partial charge in [-0.25, -0.2) is 4.39 Å². The number of pyridine rings is 1. The monoisotopic (exact) mass is 358 g/mol. The van der Waals surface area contributed by atoms with Crippen molar-refractivity contribution in [2.45, 2.75) is 19.1 Å². The molecule has 1 atom stereocenters. The summed E-state index contributed by atoms with van der Waals surface area (Å²) in [5.41, 5.74) is 2.00. The van der Waals surface area contributed by atoms with E-state index < -0.39 is 12.1 Å². The predicted molar refractivity (Wildman–Crippen MR) is 98.7 cm³/mol. The maximum atomic E-state index is 13.7. The van der Waals surface area contributed by atoms with Crippen molar-refractivity contribution in [1.29, 1.82) is 0 Å². The van der Waals surface area contributed by atoms with Crippen molar-refractivity contribution in [1.82, 2.24) is 20.9 Å². The lowest BCUT2D eigenvalue weighted by molar-refractivity contribution is -0.122. The second-order valence-corrected chi connectivity index (χ2v) is 5.60. The Morgan fingerprint density at radius 2 is 2.12 bits per heavy atom. The molecule has 1 aromatic heterocycles. The van der Waals surface area contributed by atoms with E-state index >= 15 is 0 Å². The standard InChI is InChI=1S/C19H23FN4O2/c1-13(16-6-4-5-11-22-16)23-19(21-2)24-18(25)10-8-14-7-9-17(26-3)15(20)12-14/h4-7,9,11-12,19,21,23H,1,8,10H2,2-3H3,(H,24,25). The summed E-state index contributed by atoms with van der Waals surface area (Å²) in [6, 6.07) is 10.2. The van der Waals surface area contributed by atoms with Crippen LogP contribution in [-0.4, -0.2) is 31.3 Å². The van der Waals surface area contributed by atoms with Gasteiger partial charge in [-0.15, -0.1) is 0 Å². The van der Waals surface area contributed by atoms with Crippen molar-refractivity contribution in [2.75, 3.05) is 14.2 Å². The average molecular weight is 358 g/mol. The van der Waals surface area contributed by atoms with Crippen molar-refractivity contribution in [3.8, 4) is 5.75 Å². The third-order valence-corrected chi connectivity index (χ3v) is 3.74. The molecule has 3 N–H and O–H groups in total. The lowest BCUT2D eigenvalue weighted by Gasteiger charge is -2.21. The minimum Gasteiger partial charge on any atom is -0.494 e. The van der Waals surface area contributed by atoms with E-state index in [1.165, 1.54) is 13.2 Å². The van der Waals surface area contributed by atoms with E-state index in [9.17, 15) is 9.18 Å². The molecule has 1 amide bonds. The number of ether oxygens (including phenoxy) is 1. The average Bonchev–Trinajstić information content (AvgIpc) is 2.66. The fourth-order valence-corrected chi connectivity index (χ4v) is 2.33. The zero-order valence-corrected chi connectivity index (χ0v) is 14.9. The molecule has 0 aliphatic heterocycles. The van der Waals surface area contributed by atoms with E-state index in [0.29, 0.717) is 17.8 Å². The van der Waals surface area contributed by atoms with Crippen molar-refractivity contribution < 1.29 is 13.9 Å². The Bertz CT molecular complexity index is 752. The number of hydrogen-bond donors (Lipinski definition) is 3. The first-order valence-electron chi connectivity index (χ1n) is 8.19. The molecular formula is C19H23FN4O2. The van der Waals surface area contributed by atoms with E-state index in [4.69, 9.17) is 4.74 Å². The van der Waals surface area contributed by atoms with Crippen LogP contribution in [0.2, 0.25) is 0 Å². The molecule has 1 unspecified atom stereocenters. The Balaban J connectivity index is 1.85. The fourth-order valence-electron chi connectivity index (χ4n) is 2.33. The minimum atomic E-state index is -0.496. The number of carbonyl (C=O) groups excluding carboxylic acids is 1. The molecule has 7 heteroatoms. The quantitative estimate of drug-likeness (QED) is 0.598. The Morgan fingerprint density at radius 3 is 2.73 bits per heavy atom. The van der Waals surface area contributed by atoms with Crippen LogP contribution in [-0.2, 0) is 11.2 Å². The number of aromatic nitrogens is 1. The van der Waals surface area contributed by atoms with Gasteiger partial charge in [-0.2, -0.15) is 0 Å². The normalized spacial score (nSPS) is 11.5. The van der Waals surface area contributed by atoms with E-state index in [-0.39, 0.29) is 18.1 Å². The maximum absolute atomic E-state index is 13.7. The van der Waals surface area contributed by atoms with Gasteiger partial charge >= 0.3 is 0 Å². The summed E-state index contributed by atoms with van der Waals surface area (Å²) in [4.78, 5) is 16.4. The van der Waals surface area contributed by atoms with Crippen molar-refractivity contribution >= 4 is 11.6 Å². The van der Waals surface area contributed by atoms with Gasteiger partial charge in [0.15, 0.2) is 17.9 Å². The molecule has 0 saturated heterocycles. The first kappa shape index (κ1) is 19.4. The molecule has 1 aromatic carbocycles. The van der Waals surface area contributed by atoms with Crippen LogP contribution < -0.4 is 20.7 Å². The van der Waals surface area contributed by atoms with Crippen LogP contribution in [0.1, 0.15) is 17.7 Å². The number of nitrogens with one attached hydrogen (secondary N) is 3. The highest BCUT2D eigenvalue weighted by molar-refractivity contribution is 5.76. The van der Waals surface area contributed by atoms with Gasteiger partial charge in [-0.05, 0) is 43.3 Å². The summed E-state index contributed by atoms with van der Waals surface area (Å²) in [5, 5.41) is 8.81. The second kappa shape index (κ2) is 9.53. The molecule has 2 aromatic rings. The number of nitrogens with zero attached hydrogens (tertiary/aromatic N) is 1. The lowest BCUT2D eigenvalue weighted by atomic mass is 10.1. The number of halogens is 1. The first-order valence-corrected chi connectivity index (χ1v) is 8.19. The number of rotatable bonds is 9. The van der Waals surface area contributed by atoms with Crippen LogP contribution in [0.15, 0.2) is 49.2 Å². The van der Waals surface area contributed by atoms with Crippen molar-refractivity contribution in [2.24, 2.45) is 0 Å². The lowest BCUT2D eigenvalue weighted by Crippen LogP contribution is -2.52. The highest BCUT2D eigenvalue weighted by Gasteiger charge is 2.12. The first-order chi connectivity index (χ1) is 12.5. The van der Waals surface area contributed by atoms with Gasteiger partial charge in [0, 0.05) is 12.6 Å². The van der Waals surface area contributed by atoms with Gasteiger partial charge in [-0.3, -0.25) is 15.1 Å². The van der Waals surface area contributed by atoms with Gasteiger partial charge in [0.25, 0.3) is 0 Å². The van der Waals surface area contributed by atoms with Crippen LogP contribution in [0.5, 0.6) is 5.75 Å². The third kappa shape index (κ3) is 5.56. The van der Waals surface area contributed by atoms with Gasteiger partial charge in [-0.1, -0.05) is 18.7 Å². The number of amides is 1. The molecule has 138 valence electrons. The largest absolute Gasteiger partial charge is 0.494 e. The summed E-state index contributed by atoms with van der Waals surface area (Å²) < 4.78 is 18.6. The number of hydrogen-bond acceptors (Lipinski definition) is 5. The van der Waals surface area contributed by atoms with Gasteiger partial charge in [0.1, 0.15) is 0 Å². The van der Waals surface area contributed by atoms with E-state index in [0.717, 1.165) is 5.56 Å². The molecule has 0 aliphatic rings. The summed E-state index contributed by atoms with van der Waals surface area (Å²) in [5.74, 6) is -0.431. The smallest absolute Gasteiger partial charge is 0.222 e. The molecule has 0 aliphatic carbocycles. The predicted octanol–water partition coefficient (Wildman–Crippen LogP) is 2.04. The van der Waals surface area contributed by atoms with E-state index in [1.807, 2.05) is 18.2 Å². The fraction of sp³-hybridized carbons (Fsp3) is 0.263. The third-order valence-electron chi connectivity index (χ3n) is 3.74. The zero-order valence-electron chi connectivity index (χ0n) is 14.9. The Hall–Kier alpha value is -2.93. The molecule has 1 heterocycles. The number of benzene rings is 1. The van der Waals surface area contributed by atoms with E-state index in [2.05, 4.69) is 27.5 Å². The van der Waals surface area contributed by atoms with Gasteiger partial charge in [0.2, 0.25) is 5.91 Å². The summed E-state index contributed by atoms with van der Waals surface area (Å²) >= 11 is 0. The topological polar surface area (TPSA) is 75.3 Å². The van der Waals surface area contributed by atoms with Gasteiger partial charge < -0.3 is 15.4 Å². The highest BCUT2D eigenvalue weighted by atomic mass is 19.1. The zero-order chi connectivity index (χ0) is 18.9. The van der Waals surface area contributed by atoms with Crippen LogP contribution >= 0.6 is 0 Å². The summed E-state index contributed by atoms with van der Waals surface area (Å²) in [7, 11) is 3.12. The summed E-state index contributed by atoms with van der Waals surface area (Å²) in [6.07, 6.45) is 1.82. The van der Waals surface area contributed by atoms with Crippen molar-refractivity contribution in [3.63, 3.8) is 0 Å². The van der Waals surface area contributed by atoms with Gasteiger partial charge in [0.05, 0.1) is 18.5 Å². The summed E-state index contributed by atoms with van der Waals surface area (Å²) in [6.45, 7) is 3.92.